The number of hydrogen-bond donors (Lipinski definition) is 2. The average Bonchev–Trinajstić information content (AvgIpc) is 2.49. The van der Waals surface area contributed by atoms with Gasteiger partial charge in [0.2, 0.25) is 0 Å². The largest absolute Gasteiger partial charge is 0.483 e. The van der Waals surface area contributed by atoms with Crippen LogP contribution in [0, 0.1) is 0 Å². The number of amides is 1. The number of fused-ring (bicyclic) bond motifs is 1. The van der Waals surface area contributed by atoms with E-state index in [1.165, 1.54) is 0 Å². The first-order chi connectivity index (χ1) is 11.7. The lowest BCUT2D eigenvalue weighted by molar-refractivity contribution is -0.787. The van der Waals surface area contributed by atoms with Crippen LogP contribution in [0.5, 0.6) is 5.75 Å². The lowest BCUT2D eigenvalue weighted by atomic mass is 9.79. The van der Waals surface area contributed by atoms with Gasteiger partial charge < -0.3 is 15.4 Å². The quantitative estimate of drug-likeness (QED) is 0.898. The zero-order chi connectivity index (χ0) is 18.1. The van der Waals surface area contributed by atoms with E-state index in [4.69, 9.17) is 4.74 Å². The van der Waals surface area contributed by atoms with Crippen molar-refractivity contribution in [3.63, 3.8) is 0 Å². The minimum Gasteiger partial charge on any atom is -0.483 e. The van der Waals surface area contributed by atoms with Gasteiger partial charge in [-0.15, -0.1) is 0 Å². The van der Waals surface area contributed by atoms with Gasteiger partial charge in [0.25, 0.3) is 5.91 Å². The standard InChI is InChI=1S/C21H28N2O2/c1-20(2)12-16(13-21(3,4)23-20)22-19(24)14-25-18-11-7-9-15-8-5-6-10-17(15)18/h5-11,16,23H,12-14H2,1-4H3,(H,22,24)/p+1. The third-order valence-corrected chi connectivity index (χ3v) is 4.80. The predicted octanol–water partition coefficient (Wildman–Crippen LogP) is 2.62. The molecule has 1 amide bonds. The van der Waals surface area contributed by atoms with E-state index in [1.54, 1.807) is 0 Å². The molecule has 0 atom stereocenters. The molecule has 134 valence electrons. The van der Waals surface area contributed by atoms with Gasteiger partial charge in [-0.1, -0.05) is 36.4 Å². The van der Waals surface area contributed by atoms with Crippen LogP contribution in [0.1, 0.15) is 40.5 Å². The number of ether oxygens (including phenoxy) is 1. The van der Waals surface area contributed by atoms with Crippen LogP contribution in [0.3, 0.4) is 0 Å². The Morgan fingerprint density at radius 3 is 2.44 bits per heavy atom. The van der Waals surface area contributed by atoms with Crippen LogP contribution < -0.4 is 15.4 Å². The zero-order valence-electron chi connectivity index (χ0n) is 15.6. The Balaban J connectivity index is 1.61. The van der Waals surface area contributed by atoms with Crippen molar-refractivity contribution in [2.45, 2.75) is 57.7 Å². The number of benzene rings is 2. The molecular weight excluding hydrogens is 312 g/mol. The number of carbonyl (C=O) groups is 1. The molecule has 1 aliphatic rings. The Labute approximate surface area is 149 Å². The highest BCUT2D eigenvalue weighted by atomic mass is 16.5. The number of piperidine rings is 1. The summed E-state index contributed by atoms with van der Waals surface area (Å²) < 4.78 is 5.81. The fraction of sp³-hybridized carbons (Fsp3) is 0.476. The minimum absolute atomic E-state index is 0.0496. The molecule has 0 unspecified atom stereocenters. The molecule has 0 saturated carbocycles. The van der Waals surface area contributed by atoms with Gasteiger partial charge >= 0.3 is 0 Å². The van der Waals surface area contributed by atoms with Crippen molar-refractivity contribution >= 4 is 16.7 Å². The third kappa shape index (κ3) is 4.51. The maximum atomic E-state index is 12.4. The van der Waals surface area contributed by atoms with Crippen LogP contribution in [0.25, 0.3) is 10.8 Å². The summed E-state index contributed by atoms with van der Waals surface area (Å²) in [7, 11) is 0. The Hall–Kier alpha value is -2.07. The Kier molecular flexibility index (Phi) is 4.74. The Morgan fingerprint density at radius 1 is 1.08 bits per heavy atom. The van der Waals surface area contributed by atoms with Crippen LogP contribution in [-0.4, -0.2) is 29.6 Å². The van der Waals surface area contributed by atoms with Crippen molar-refractivity contribution in [2.24, 2.45) is 0 Å². The van der Waals surface area contributed by atoms with Gasteiger partial charge in [-0.25, -0.2) is 0 Å². The van der Waals surface area contributed by atoms with Gasteiger partial charge in [-0.05, 0) is 39.1 Å². The summed E-state index contributed by atoms with van der Waals surface area (Å²) in [5.74, 6) is 0.706. The summed E-state index contributed by atoms with van der Waals surface area (Å²) in [6.07, 6.45) is 1.94. The first-order valence-electron chi connectivity index (χ1n) is 9.01. The van der Waals surface area contributed by atoms with Crippen LogP contribution in [0.4, 0.5) is 0 Å². The molecule has 0 aliphatic carbocycles. The van der Waals surface area contributed by atoms with Crippen molar-refractivity contribution in [3.05, 3.63) is 42.5 Å². The minimum atomic E-state index is -0.0496. The first kappa shape index (κ1) is 17.7. The number of carbonyl (C=O) groups excluding carboxylic acids is 1. The predicted molar refractivity (Wildman–Crippen MR) is 101 cm³/mol. The molecule has 3 rings (SSSR count). The number of nitrogens with one attached hydrogen (secondary N) is 1. The van der Waals surface area contributed by atoms with Crippen LogP contribution >= 0.6 is 0 Å². The third-order valence-electron chi connectivity index (χ3n) is 4.80. The average molecular weight is 341 g/mol. The van der Waals surface area contributed by atoms with Crippen molar-refractivity contribution in [2.75, 3.05) is 6.61 Å². The molecule has 25 heavy (non-hydrogen) atoms. The topological polar surface area (TPSA) is 54.9 Å². The van der Waals surface area contributed by atoms with Gasteiger partial charge in [0.1, 0.15) is 5.75 Å². The first-order valence-corrected chi connectivity index (χ1v) is 9.01. The van der Waals surface area contributed by atoms with E-state index < -0.39 is 0 Å². The summed E-state index contributed by atoms with van der Waals surface area (Å²) in [6.45, 7) is 8.99. The summed E-state index contributed by atoms with van der Waals surface area (Å²) in [5, 5.41) is 7.73. The van der Waals surface area contributed by atoms with Crippen LogP contribution in [0.15, 0.2) is 42.5 Å². The van der Waals surface area contributed by atoms with Crippen molar-refractivity contribution in [3.8, 4) is 5.75 Å². The van der Waals surface area contributed by atoms with E-state index in [0.717, 1.165) is 29.4 Å². The van der Waals surface area contributed by atoms with E-state index in [2.05, 4.69) is 38.3 Å². The second-order valence-corrected chi connectivity index (χ2v) is 8.56. The summed E-state index contributed by atoms with van der Waals surface area (Å²) in [4.78, 5) is 12.4. The van der Waals surface area contributed by atoms with E-state index >= 15 is 0 Å². The zero-order valence-corrected chi connectivity index (χ0v) is 15.6. The van der Waals surface area contributed by atoms with Crippen molar-refractivity contribution in [1.29, 1.82) is 0 Å². The fourth-order valence-electron chi connectivity index (χ4n) is 4.35. The second kappa shape index (κ2) is 6.68. The molecule has 1 saturated heterocycles. The normalized spacial score (nSPS) is 19.5. The molecule has 0 radical (unpaired) electrons. The molecule has 3 N–H and O–H groups in total. The molecule has 1 heterocycles. The highest BCUT2D eigenvalue weighted by Gasteiger charge is 2.42. The second-order valence-electron chi connectivity index (χ2n) is 8.56. The number of quaternary nitrogens is 1. The molecule has 4 nitrogen and oxygen atoms in total. The maximum absolute atomic E-state index is 12.4. The van der Waals surface area contributed by atoms with Crippen molar-refractivity contribution in [1.82, 2.24) is 5.32 Å². The van der Waals surface area contributed by atoms with Crippen LogP contribution in [0.2, 0.25) is 0 Å². The van der Waals surface area contributed by atoms with Gasteiger partial charge in [0.15, 0.2) is 6.61 Å². The van der Waals surface area contributed by atoms with Crippen molar-refractivity contribution < 1.29 is 14.8 Å². The molecular formula is C21H29N2O2+. The fourth-order valence-corrected chi connectivity index (χ4v) is 4.35. The van der Waals surface area contributed by atoms with E-state index in [-0.39, 0.29) is 29.6 Å². The molecule has 4 heteroatoms. The molecule has 0 aromatic heterocycles. The lowest BCUT2D eigenvalue weighted by Crippen LogP contribution is -3.06. The molecule has 1 aliphatic heterocycles. The van der Waals surface area contributed by atoms with Gasteiger partial charge in [0, 0.05) is 24.3 Å². The molecule has 2 aromatic rings. The van der Waals surface area contributed by atoms with E-state index in [1.807, 2.05) is 42.5 Å². The maximum Gasteiger partial charge on any atom is 0.258 e. The Bertz CT molecular complexity index is 746. The van der Waals surface area contributed by atoms with Crippen LogP contribution in [-0.2, 0) is 4.79 Å². The monoisotopic (exact) mass is 341 g/mol. The molecule has 0 bridgehead atoms. The summed E-state index contributed by atoms with van der Waals surface area (Å²) in [5.41, 5.74) is 0.270. The molecule has 2 aromatic carbocycles. The molecule has 1 fully saturated rings. The van der Waals surface area contributed by atoms with Gasteiger partial charge in [-0.2, -0.15) is 0 Å². The smallest absolute Gasteiger partial charge is 0.258 e. The SMILES string of the molecule is CC1(C)CC(NC(=O)COc2cccc3ccccc23)CC(C)(C)[NH2+]1. The van der Waals surface area contributed by atoms with Gasteiger partial charge in [0.05, 0.1) is 11.1 Å². The Morgan fingerprint density at radius 2 is 1.72 bits per heavy atom. The van der Waals surface area contributed by atoms with Gasteiger partial charge in [-0.3, -0.25) is 4.79 Å². The number of hydrogen-bond acceptors (Lipinski definition) is 2. The number of rotatable bonds is 4. The molecule has 0 spiro atoms. The highest BCUT2D eigenvalue weighted by Crippen LogP contribution is 2.25. The lowest BCUT2D eigenvalue weighted by Gasteiger charge is -2.43. The van der Waals surface area contributed by atoms with E-state index in [9.17, 15) is 4.79 Å². The van der Waals surface area contributed by atoms with E-state index in [0.29, 0.717) is 0 Å². The summed E-state index contributed by atoms with van der Waals surface area (Å²) in [6, 6.07) is 14.2. The summed E-state index contributed by atoms with van der Waals surface area (Å²) >= 11 is 0. The number of nitrogens with two attached hydrogens (primary N) is 1. The highest BCUT2D eigenvalue weighted by molar-refractivity contribution is 5.88.